The standard InChI is InChI=1S/C16H23N5O2S/c1-16(2,3)21-14-9-11-19-15(20-14)18-10-8-12-4-6-13(7-5-12)24(17,22)23/h4-7,9,11H,8,10H2,1-3H3,(H2,17,22,23)(H2,18,19,20,21). The molecule has 0 aliphatic heterocycles. The highest BCUT2D eigenvalue weighted by molar-refractivity contribution is 7.89. The van der Waals surface area contributed by atoms with E-state index in [1.54, 1.807) is 18.3 Å². The zero-order valence-corrected chi connectivity index (χ0v) is 14.9. The van der Waals surface area contributed by atoms with Crippen molar-refractivity contribution in [3.05, 3.63) is 42.1 Å². The molecule has 1 heterocycles. The Labute approximate surface area is 142 Å². The summed E-state index contributed by atoms with van der Waals surface area (Å²) in [4.78, 5) is 8.71. The van der Waals surface area contributed by atoms with E-state index in [4.69, 9.17) is 5.14 Å². The molecule has 24 heavy (non-hydrogen) atoms. The van der Waals surface area contributed by atoms with Gasteiger partial charge in [-0.05, 0) is 51.0 Å². The summed E-state index contributed by atoms with van der Waals surface area (Å²) < 4.78 is 22.4. The first-order valence-corrected chi connectivity index (χ1v) is 9.15. The van der Waals surface area contributed by atoms with Gasteiger partial charge < -0.3 is 10.6 Å². The maximum absolute atomic E-state index is 11.2. The third-order valence-corrected chi connectivity index (χ3v) is 4.04. The summed E-state index contributed by atoms with van der Waals surface area (Å²) in [7, 11) is -3.65. The molecule has 2 aromatic rings. The topological polar surface area (TPSA) is 110 Å². The number of nitrogens with two attached hydrogens (primary N) is 1. The molecule has 0 aliphatic rings. The summed E-state index contributed by atoms with van der Waals surface area (Å²) in [6.45, 7) is 6.82. The average Bonchev–Trinajstić information content (AvgIpc) is 2.45. The van der Waals surface area contributed by atoms with Crippen molar-refractivity contribution < 1.29 is 8.42 Å². The fourth-order valence-electron chi connectivity index (χ4n) is 2.06. The van der Waals surface area contributed by atoms with Crippen LogP contribution < -0.4 is 15.8 Å². The van der Waals surface area contributed by atoms with Crippen LogP contribution in [0.4, 0.5) is 11.8 Å². The Morgan fingerprint density at radius 1 is 1.12 bits per heavy atom. The van der Waals surface area contributed by atoms with E-state index in [9.17, 15) is 8.42 Å². The summed E-state index contributed by atoms with van der Waals surface area (Å²) in [5.74, 6) is 1.31. The Morgan fingerprint density at radius 2 is 1.79 bits per heavy atom. The Kier molecular flexibility index (Phi) is 5.40. The molecule has 0 fully saturated rings. The van der Waals surface area contributed by atoms with Crippen molar-refractivity contribution in [1.29, 1.82) is 0 Å². The second-order valence-corrected chi connectivity index (χ2v) is 8.07. The van der Waals surface area contributed by atoms with Gasteiger partial charge in [-0.3, -0.25) is 0 Å². The van der Waals surface area contributed by atoms with Gasteiger partial charge in [-0.25, -0.2) is 18.5 Å². The SMILES string of the molecule is CC(C)(C)Nc1ccnc(NCCc2ccc(S(N)(=O)=O)cc2)n1. The number of nitrogens with one attached hydrogen (secondary N) is 2. The van der Waals surface area contributed by atoms with Crippen LogP contribution >= 0.6 is 0 Å². The number of rotatable bonds is 6. The van der Waals surface area contributed by atoms with Crippen molar-refractivity contribution >= 4 is 21.8 Å². The van der Waals surface area contributed by atoms with Crippen molar-refractivity contribution in [2.24, 2.45) is 5.14 Å². The fraction of sp³-hybridized carbons (Fsp3) is 0.375. The van der Waals surface area contributed by atoms with E-state index >= 15 is 0 Å². The minimum atomic E-state index is -3.65. The zero-order chi connectivity index (χ0) is 17.8. The molecule has 0 unspecified atom stereocenters. The molecule has 130 valence electrons. The van der Waals surface area contributed by atoms with Gasteiger partial charge in [-0.15, -0.1) is 0 Å². The summed E-state index contributed by atoms with van der Waals surface area (Å²) in [6, 6.07) is 8.34. The fourth-order valence-corrected chi connectivity index (χ4v) is 2.58. The van der Waals surface area contributed by atoms with E-state index in [0.29, 0.717) is 18.9 Å². The molecular formula is C16H23N5O2S. The van der Waals surface area contributed by atoms with E-state index in [0.717, 1.165) is 11.4 Å². The summed E-state index contributed by atoms with van der Waals surface area (Å²) in [5.41, 5.74) is 0.926. The number of anilines is 2. The lowest BCUT2D eigenvalue weighted by molar-refractivity contribution is 0.597. The highest BCUT2D eigenvalue weighted by Gasteiger charge is 2.10. The van der Waals surface area contributed by atoms with Crippen LogP contribution in [0.15, 0.2) is 41.4 Å². The van der Waals surface area contributed by atoms with Crippen molar-refractivity contribution in [2.75, 3.05) is 17.2 Å². The first kappa shape index (κ1) is 18.2. The van der Waals surface area contributed by atoms with Gasteiger partial charge in [-0.2, -0.15) is 4.98 Å². The largest absolute Gasteiger partial charge is 0.365 e. The Balaban J connectivity index is 1.91. The van der Waals surface area contributed by atoms with Gasteiger partial charge in [0, 0.05) is 18.3 Å². The first-order valence-electron chi connectivity index (χ1n) is 7.60. The monoisotopic (exact) mass is 349 g/mol. The van der Waals surface area contributed by atoms with E-state index in [1.807, 2.05) is 6.07 Å². The molecule has 0 spiro atoms. The molecule has 0 aliphatic carbocycles. The molecule has 8 heteroatoms. The van der Waals surface area contributed by atoms with E-state index < -0.39 is 10.0 Å². The van der Waals surface area contributed by atoms with Gasteiger partial charge >= 0.3 is 0 Å². The first-order chi connectivity index (χ1) is 11.1. The lowest BCUT2D eigenvalue weighted by atomic mass is 10.1. The van der Waals surface area contributed by atoms with Crippen LogP contribution in [0.3, 0.4) is 0 Å². The quantitative estimate of drug-likeness (QED) is 0.736. The van der Waals surface area contributed by atoms with E-state index in [-0.39, 0.29) is 10.4 Å². The molecule has 0 atom stereocenters. The minimum Gasteiger partial charge on any atom is -0.365 e. The van der Waals surface area contributed by atoms with Crippen molar-refractivity contribution in [3.8, 4) is 0 Å². The number of hydrogen-bond donors (Lipinski definition) is 3. The van der Waals surface area contributed by atoms with Gasteiger partial charge in [-0.1, -0.05) is 12.1 Å². The maximum atomic E-state index is 11.2. The van der Waals surface area contributed by atoms with E-state index in [1.165, 1.54) is 12.1 Å². The van der Waals surface area contributed by atoms with E-state index in [2.05, 4.69) is 41.4 Å². The Bertz CT molecular complexity index is 783. The summed E-state index contributed by atoms with van der Waals surface area (Å²) >= 11 is 0. The molecule has 0 saturated carbocycles. The highest BCUT2D eigenvalue weighted by Crippen LogP contribution is 2.13. The number of primary sulfonamides is 1. The maximum Gasteiger partial charge on any atom is 0.238 e. The Hall–Kier alpha value is -2.19. The lowest BCUT2D eigenvalue weighted by Crippen LogP contribution is -2.26. The van der Waals surface area contributed by atoms with Crippen LogP contribution in [0.1, 0.15) is 26.3 Å². The number of benzene rings is 1. The summed E-state index contributed by atoms with van der Waals surface area (Å²) in [6.07, 6.45) is 2.41. The van der Waals surface area contributed by atoms with Gasteiger partial charge in [0.1, 0.15) is 5.82 Å². The minimum absolute atomic E-state index is 0.0727. The average molecular weight is 349 g/mol. The number of hydrogen-bond acceptors (Lipinski definition) is 6. The van der Waals surface area contributed by atoms with Crippen LogP contribution in [0, 0.1) is 0 Å². The molecule has 2 rings (SSSR count). The third kappa shape index (κ3) is 5.78. The van der Waals surface area contributed by atoms with Crippen LogP contribution in [0.5, 0.6) is 0 Å². The van der Waals surface area contributed by atoms with Crippen molar-refractivity contribution in [2.45, 2.75) is 37.6 Å². The van der Waals surface area contributed by atoms with Crippen molar-refractivity contribution in [1.82, 2.24) is 9.97 Å². The molecular weight excluding hydrogens is 326 g/mol. The molecule has 1 aromatic heterocycles. The third-order valence-electron chi connectivity index (χ3n) is 3.11. The second-order valence-electron chi connectivity index (χ2n) is 6.51. The lowest BCUT2D eigenvalue weighted by Gasteiger charge is -2.21. The van der Waals surface area contributed by atoms with Crippen LogP contribution in [-0.4, -0.2) is 30.5 Å². The predicted molar refractivity (Wildman–Crippen MR) is 95.4 cm³/mol. The van der Waals surface area contributed by atoms with Gasteiger partial charge in [0.25, 0.3) is 0 Å². The predicted octanol–water partition coefficient (Wildman–Crippen LogP) is 1.99. The number of nitrogens with zero attached hydrogens (tertiary/aromatic N) is 2. The Morgan fingerprint density at radius 3 is 2.38 bits per heavy atom. The summed E-state index contributed by atoms with van der Waals surface area (Å²) in [5, 5.41) is 11.5. The molecule has 4 N–H and O–H groups in total. The second kappa shape index (κ2) is 7.14. The molecule has 7 nitrogen and oxygen atoms in total. The molecule has 1 aromatic carbocycles. The molecule has 0 bridgehead atoms. The van der Waals surface area contributed by atoms with Crippen molar-refractivity contribution in [3.63, 3.8) is 0 Å². The molecule has 0 radical (unpaired) electrons. The van der Waals surface area contributed by atoms with Crippen LogP contribution in [0.25, 0.3) is 0 Å². The van der Waals surface area contributed by atoms with Gasteiger partial charge in [0.15, 0.2) is 0 Å². The highest BCUT2D eigenvalue weighted by atomic mass is 32.2. The smallest absolute Gasteiger partial charge is 0.238 e. The van der Waals surface area contributed by atoms with Crippen LogP contribution in [0.2, 0.25) is 0 Å². The van der Waals surface area contributed by atoms with Gasteiger partial charge in [0.2, 0.25) is 16.0 Å². The number of aromatic nitrogens is 2. The zero-order valence-electron chi connectivity index (χ0n) is 14.1. The van der Waals surface area contributed by atoms with Gasteiger partial charge in [0.05, 0.1) is 4.90 Å². The molecule has 0 saturated heterocycles. The van der Waals surface area contributed by atoms with Crippen LogP contribution in [-0.2, 0) is 16.4 Å². The molecule has 0 amide bonds. The normalized spacial score (nSPS) is 12.0. The number of sulfonamides is 1.